The predicted molar refractivity (Wildman–Crippen MR) is 87.9 cm³/mol. The van der Waals surface area contributed by atoms with E-state index in [9.17, 15) is 9.59 Å². The Balaban J connectivity index is 1.85. The summed E-state index contributed by atoms with van der Waals surface area (Å²) in [6, 6.07) is 9.09. The van der Waals surface area contributed by atoms with Gasteiger partial charge < -0.3 is 10.4 Å². The van der Waals surface area contributed by atoms with Gasteiger partial charge in [0.2, 0.25) is 5.91 Å². The first-order valence-electron chi connectivity index (χ1n) is 6.78. The third-order valence-electron chi connectivity index (χ3n) is 3.25. The summed E-state index contributed by atoms with van der Waals surface area (Å²) in [5.74, 6) is -0.936. The summed E-state index contributed by atoms with van der Waals surface area (Å²) in [7, 11) is 0. The number of thiophene rings is 1. The van der Waals surface area contributed by atoms with Gasteiger partial charge in [-0.15, -0.1) is 11.3 Å². The molecule has 1 aromatic heterocycles. The van der Waals surface area contributed by atoms with Gasteiger partial charge in [-0.2, -0.15) is 0 Å². The second-order valence-electron chi connectivity index (χ2n) is 5.06. The van der Waals surface area contributed by atoms with Gasteiger partial charge in [-0.05, 0) is 40.6 Å². The van der Waals surface area contributed by atoms with Crippen LogP contribution in [0.1, 0.15) is 33.6 Å². The van der Waals surface area contributed by atoms with Crippen molar-refractivity contribution in [3.05, 3.63) is 56.7 Å². The van der Waals surface area contributed by atoms with Gasteiger partial charge in [-0.1, -0.05) is 30.7 Å². The summed E-state index contributed by atoms with van der Waals surface area (Å²) in [4.78, 5) is 23.0. The van der Waals surface area contributed by atoms with Gasteiger partial charge >= 0.3 is 5.97 Å². The number of carboxylic acid groups (broad SMARTS) is 1. The summed E-state index contributed by atoms with van der Waals surface area (Å²) in [5, 5.41) is 14.1. The van der Waals surface area contributed by atoms with Crippen molar-refractivity contribution in [2.75, 3.05) is 6.54 Å². The van der Waals surface area contributed by atoms with E-state index < -0.39 is 5.97 Å². The van der Waals surface area contributed by atoms with Gasteiger partial charge in [0.15, 0.2) is 0 Å². The van der Waals surface area contributed by atoms with Crippen LogP contribution in [0, 0.1) is 0 Å². The fourth-order valence-corrected chi connectivity index (χ4v) is 2.97. The molecule has 2 aromatic rings. The van der Waals surface area contributed by atoms with E-state index in [1.165, 1.54) is 6.07 Å². The van der Waals surface area contributed by atoms with E-state index in [1.807, 2.05) is 31.2 Å². The van der Waals surface area contributed by atoms with Crippen molar-refractivity contribution >= 4 is 34.8 Å². The van der Waals surface area contributed by atoms with Crippen LogP contribution in [0.4, 0.5) is 0 Å². The standard InChI is InChI=1S/C16H16ClNO3S/c1-10(12-3-2-4-13(17)7-12)8-18-15(19)6-11-5-14(16(20)21)22-9-11/h2-5,7,9-10H,6,8H2,1H3,(H,18,19)(H,20,21). The molecule has 1 unspecified atom stereocenters. The fourth-order valence-electron chi connectivity index (χ4n) is 2.03. The van der Waals surface area contributed by atoms with Gasteiger partial charge in [-0.25, -0.2) is 4.79 Å². The second kappa shape index (κ2) is 7.42. The highest BCUT2D eigenvalue weighted by molar-refractivity contribution is 7.12. The maximum absolute atomic E-state index is 11.9. The Morgan fingerprint density at radius 1 is 1.36 bits per heavy atom. The number of hydrogen-bond acceptors (Lipinski definition) is 3. The van der Waals surface area contributed by atoms with Crippen LogP contribution in [-0.4, -0.2) is 23.5 Å². The van der Waals surface area contributed by atoms with Crippen molar-refractivity contribution in [2.24, 2.45) is 0 Å². The van der Waals surface area contributed by atoms with Crippen molar-refractivity contribution < 1.29 is 14.7 Å². The number of carbonyl (C=O) groups excluding carboxylic acids is 1. The number of amides is 1. The number of carbonyl (C=O) groups is 2. The minimum atomic E-state index is -0.966. The quantitative estimate of drug-likeness (QED) is 0.847. The van der Waals surface area contributed by atoms with Crippen LogP contribution in [0.3, 0.4) is 0 Å². The summed E-state index contributed by atoms with van der Waals surface area (Å²) >= 11 is 7.08. The van der Waals surface area contributed by atoms with Gasteiger partial charge in [0.05, 0.1) is 6.42 Å². The Hall–Kier alpha value is -1.85. The third kappa shape index (κ3) is 4.58. The van der Waals surface area contributed by atoms with Crippen molar-refractivity contribution in [3.8, 4) is 0 Å². The van der Waals surface area contributed by atoms with Crippen LogP contribution in [-0.2, 0) is 11.2 Å². The van der Waals surface area contributed by atoms with Gasteiger partial charge in [0.25, 0.3) is 0 Å². The lowest BCUT2D eigenvalue weighted by Gasteiger charge is -2.13. The molecule has 0 aliphatic rings. The first-order chi connectivity index (χ1) is 10.5. The zero-order chi connectivity index (χ0) is 16.1. The average Bonchev–Trinajstić information content (AvgIpc) is 2.93. The van der Waals surface area contributed by atoms with E-state index in [2.05, 4.69) is 5.32 Å². The zero-order valence-corrected chi connectivity index (χ0v) is 13.6. The topological polar surface area (TPSA) is 66.4 Å². The van der Waals surface area contributed by atoms with Crippen molar-refractivity contribution in [1.82, 2.24) is 5.32 Å². The van der Waals surface area contributed by atoms with E-state index in [0.717, 1.165) is 22.5 Å². The number of benzene rings is 1. The van der Waals surface area contributed by atoms with Crippen LogP contribution in [0.25, 0.3) is 0 Å². The number of nitrogens with one attached hydrogen (secondary N) is 1. The smallest absolute Gasteiger partial charge is 0.345 e. The van der Waals surface area contributed by atoms with Crippen molar-refractivity contribution in [2.45, 2.75) is 19.3 Å². The molecule has 0 fully saturated rings. The Morgan fingerprint density at radius 2 is 2.14 bits per heavy atom. The molecular weight excluding hydrogens is 322 g/mol. The van der Waals surface area contributed by atoms with Crippen LogP contribution in [0.15, 0.2) is 35.7 Å². The highest BCUT2D eigenvalue weighted by Gasteiger charge is 2.11. The largest absolute Gasteiger partial charge is 0.477 e. The number of carboxylic acids is 1. The molecule has 1 heterocycles. The van der Waals surface area contributed by atoms with Crippen LogP contribution in [0.2, 0.25) is 5.02 Å². The highest BCUT2D eigenvalue weighted by atomic mass is 35.5. The molecule has 2 N–H and O–H groups in total. The Kier molecular flexibility index (Phi) is 5.57. The lowest BCUT2D eigenvalue weighted by molar-refractivity contribution is -0.120. The molecule has 0 spiro atoms. The van der Waals surface area contributed by atoms with E-state index >= 15 is 0 Å². The predicted octanol–water partition coefficient (Wildman–Crippen LogP) is 3.56. The van der Waals surface area contributed by atoms with Gasteiger partial charge in [0, 0.05) is 11.6 Å². The van der Waals surface area contributed by atoms with E-state index in [1.54, 1.807) is 5.38 Å². The molecule has 1 amide bonds. The lowest BCUT2D eigenvalue weighted by Crippen LogP contribution is -2.28. The van der Waals surface area contributed by atoms with Crippen LogP contribution < -0.4 is 5.32 Å². The zero-order valence-electron chi connectivity index (χ0n) is 12.0. The number of aromatic carboxylic acids is 1. The fraction of sp³-hybridized carbons (Fsp3) is 0.250. The molecule has 116 valence electrons. The SMILES string of the molecule is CC(CNC(=O)Cc1csc(C(=O)O)c1)c1cccc(Cl)c1. The highest BCUT2D eigenvalue weighted by Crippen LogP contribution is 2.19. The van der Waals surface area contributed by atoms with Crippen molar-refractivity contribution in [3.63, 3.8) is 0 Å². The van der Waals surface area contributed by atoms with Crippen LogP contribution >= 0.6 is 22.9 Å². The molecule has 0 bridgehead atoms. The minimum absolute atomic E-state index is 0.122. The number of rotatable bonds is 6. The molecule has 0 aliphatic heterocycles. The average molecular weight is 338 g/mol. The Morgan fingerprint density at radius 3 is 2.77 bits per heavy atom. The number of halogens is 1. The summed E-state index contributed by atoms with van der Waals surface area (Å²) in [6.07, 6.45) is 0.187. The normalized spacial score (nSPS) is 11.9. The molecule has 0 radical (unpaired) electrons. The minimum Gasteiger partial charge on any atom is -0.477 e. The Bertz CT molecular complexity index is 684. The number of hydrogen-bond donors (Lipinski definition) is 2. The first kappa shape index (κ1) is 16.5. The molecule has 0 saturated heterocycles. The summed E-state index contributed by atoms with van der Waals surface area (Å²) in [5.41, 5.74) is 1.78. The molecule has 2 rings (SSSR count). The summed E-state index contributed by atoms with van der Waals surface area (Å²) in [6.45, 7) is 2.52. The van der Waals surface area contributed by atoms with E-state index in [4.69, 9.17) is 16.7 Å². The molecule has 6 heteroatoms. The van der Waals surface area contributed by atoms with E-state index in [-0.39, 0.29) is 23.1 Å². The molecule has 4 nitrogen and oxygen atoms in total. The molecule has 1 aromatic carbocycles. The molecule has 0 saturated carbocycles. The molecule has 22 heavy (non-hydrogen) atoms. The maximum Gasteiger partial charge on any atom is 0.345 e. The van der Waals surface area contributed by atoms with Gasteiger partial charge in [-0.3, -0.25) is 4.79 Å². The lowest BCUT2D eigenvalue weighted by atomic mass is 10.0. The Labute approximate surface area is 137 Å². The maximum atomic E-state index is 11.9. The van der Waals surface area contributed by atoms with E-state index in [0.29, 0.717) is 11.6 Å². The third-order valence-corrected chi connectivity index (χ3v) is 4.45. The first-order valence-corrected chi connectivity index (χ1v) is 8.04. The van der Waals surface area contributed by atoms with Crippen molar-refractivity contribution in [1.29, 1.82) is 0 Å². The molecular formula is C16H16ClNO3S. The summed E-state index contributed by atoms with van der Waals surface area (Å²) < 4.78 is 0. The van der Waals surface area contributed by atoms with Gasteiger partial charge in [0.1, 0.15) is 4.88 Å². The molecule has 1 atom stereocenters. The molecule has 0 aliphatic carbocycles. The second-order valence-corrected chi connectivity index (χ2v) is 6.41. The van der Waals surface area contributed by atoms with Crippen LogP contribution in [0.5, 0.6) is 0 Å². The monoisotopic (exact) mass is 337 g/mol.